The lowest BCUT2D eigenvalue weighted by Crippen LogP contribution is -2.18. The molecule has 0 unspecified atom stereocenters. The topological polar surface area (TPSA) is 59.9 Å². The first-order valence-electron chi connectivity index (χ1n) is 6.77. The number of ether oxygens (including phenoxy) is 2. The highest BCUT2D eigenvalue weighted by Crippen LogP contribution is 2.37. The van der Waals surface area contributed by atoms with Crippen molar-refractivity contribution >= 4 is 23.2 Å². The van der Waals surface area contributed by atoms with E-state index in [0.29, 0.717) is 22.2 Å². The van der Waals surface area contributed by atoms with Gasteiger partial charge in [0.1, 0.15) is 0 Å². The highest BCUT2D eigenvalue weighted by atomic mass is 35.5. The molecule has 1 amide bonds. The van der Waals surface area contributed by atoms with Crippen molar-refractivity contribution in [2.24, 2.45) is 5.10 Å². The van der Waals surface area contributed by atoms with Gasteiger partial charge in [-0.25, -0.2) is 5.43 Å². The number of benzene rings is 2. The van der Waals surface area contributed by atoms with Gasteiger partial charge in [0.25, 0.3) is 0 Å². The molecule has 0 saturated heterocycles. The van der Waals surface area contributed by atoms with Gasteiger partial charge in [0, 0.05) is 11.1 Å². The van der Waals surface area contributed by atoms with Crippen LogP contribution >= 0.6 is 11.6 Å². The number of hydrazone groups is 1. The summed E-state index contributed by atoms with van der Waals surface area (Å²) >= 11 is 6.28. The van der Waals surface area contributed by atoms with Crippen LogP contribution in [0.3, 0.4) is 0 Å². The van der Waals surface area contributed by atoms with Gasteiger partial charge in [0.15, 0.2) is 11.5 Å². The van der Waals surface area contributed by atoms with E-state index in [0.717, 1.165) is 16.7 Å². The van der Waals surface area contributed by atoms with Crippen LogP contribution in [0.15, 0.2) is 41.5 Å². The maximum atomic E-state index is 11.9. The van der Waals surface area contributed by atoms with Crippen molar-refractivity contribution in [2.45, 2.75) is 6.42 Å². The molecule has 0 bridgehead atoms. The summed E-state index contributed by atoms with van der Waals surface area (Å²) in [4.78, 5) is 11.9. The molecule has 2 aliphatic heterocycles. The molecule has 2 aliphatic rings. The maximum absolute atomic E-state index is 11.9. The minimum absolute atomic E-state index is 0.179. The normalized spacial score (nSPS) is 15.7. The number of hydrogen-bond donors (Lipinski definition) is 1. The molecular formula is C16H11ClN2O3. The number of hydrogen-bond acceptors (Lipinski definition) is 4. The van der Waals surface area contributed by atoms with Crippen LogP contribution in [0.2, 0.25) is 5.02 Å². The summed E-state index contributed by atoms with van der Waals surface area (Å²) in [6.45, 7) is 0.184. The van der Waals surface area contributed by atoms with Crippen molar-refractivity contribution < 1.29 is 14.3 Å². The molecule has 6 heteroatoms. The fourth-order valence-corrected chi connectivity index (χ4v) is 2.83. The summed E-state index contributed by atoms with van der Waals surface area (Å²) in [5.41, 5.74) is 5.57. The van der Waals surface area contributed by atoms with Crippen LogP contribution in [0.5, 0.6) is 11.5 Å². The molecule has 0 atom stereocenters. The number of nitrogens with one attached hydrogen (secondary N) is 1. The van der Waals surface area contributed by atoms with Crippen LogP contribution in [-0.2, 0) is 11.2 Å². The highest BCUT2D eigenvalue weighted by molar-refractivity contribution is 6.35. The fourth-order valence-electron chi connectivity index (χ4n) is 2.60. The first kappa shape index (κ1) is 13.2. The van der Waals surface area contributed by atoms with E-state index in [2.05, 4.69) is 10.5 Å². The van der Waals surface area contributed by atoms with Crippen LogP contribution in [-0.4, -0.2) is 18.4 Å². The lowest BCUT2D eigenvalue weighted by molar-refractivity contribution is -0.120. The van der Waals surface area contributed by atoms with Crippen LogP contribution in [0.1, 0.15) is 16.7 Å². The lowest BCUT2D eigenvalue weighted by atomic mass is 9.95. The van der Waals surface area contributed by atoms with Crippen molar-refractivity contribution in [2.75, 3.05) is 6.79 Å². The first-order valence-corrected chi connectivity index (χ1v) is 7.14. The van der Waals surface area contributed by atoms with E-state index in [4.69, 9.17) is 21.1 Å². The monoisotopic (exact) mass is 314 g/mol. The molecule has 0 aromatic heterocycles. The van der Waals surface area contributed by atoms with E-state index < -0.39 is 0 Å². The molecule has 4 rings (SSSR count). The van der Waals surface area contributed by atoms with Crippen LogP contribution < -0.4 is 14.9 Å². The Hall–Kier alpha value is -2.53. The predicted molar refractivity (Wildman–Crippen MR) is 81.5 cm³/mol. The first-order chi connectivity index (χ1) is 10.7. The molecule has 2 aromatic rings. The molecule has 0 radical (unpaired) electrons. The largest absolute Gasteiger partial charge is 0.454 e. The second-order valence-electron chi connectivity index (χ2n) is 5.01. The highest BCUT2D eigenvalue weighted by Gasteiger charge is 2.25. The summed E-state index contributed by atoms with van der Waals surface area (Å²) in [6.07, 6.45) is 0.226. The zero-order valence-electron chi connectivity index (χ0n) is 11.4. The second-order valence-corrected chi connectivity index (χ2v) is 5.42. The Kier molecular flexibility index (Phi) is 3.01. The Morgan fingerprint density at radius 1 is 1.09 bits per heavy atom. The van der Waals surface area contributed by atoms with Crippen LogP contribution in [0, 0.1) is 0 Å². The predicted octanol–water partition coefficient (Wildman–Crippen LogP) is 2.49. The molecule has 0 saturated carbocycles. The molecule has 0 fully saturated rings. The zero-order chi connectivity index (χ0) is 15.1. The molecule has 0 spiro atoms. The Bertz CT molecular complexity index is 817. The Morgan fingerprint density at radius 2 is 1.86 bits per heavy atom. The lowest BCUT2D eigenvalue weighted by Gasteiger charge is -2.11. The van der Waals surface area contributed by atoms with E-state index >= 15 is 0 Å². The Balaban J connectivity index is 1.94. The van der Waals surface area contributed by atoms with Crippen molar-refractivity contribution in [3.63, 3.8) is 0 Å². The molecule has 1 N–H and O–H groups in total. The van der Waals surface area contributed by atoms with Crippen molar-refractivity contribution in [3.05, 3.63) is 58.1 Å². The summed E-state index contributed by atoms with van der Waals surface area (Å²) in [6, 6.07) is 11.1. The molecule has 2 heterocycles. The van der Waals surface area contributed by atoms with E-state index in [1.807, 2.05) is 30.3 Å². The Labute approximate surface area is 131 Å². The third-order valence-corrected chi connectivity index (χ3v) is 3.96. The zero-order valence-corrected chi connectivity index (χ0v) is 12.2. The summed E-state index contributed by atoms with van der Waals surface area (Å²) < 4.78 is 10.8. The molecular weight excluding hydrogens is 304 g/mol. The maximum Gasteiger partial charge on any atom is 0.244 e. The van der Waals surface area contributed by atoms with Gasteiger partial charge in [0.05, 0.1) is 17.2 Å². The summed E-state index contributed by atoms with van der Waals surface area (Å²) in [5, 5.41) is 4.81. The standard InChI is InChI=1S/C16H11ClN2O3/c17-12-4-2-1-3-10(12)16-11-7-14-13(21-8-22-14)5-9(11)6-15(20)18-19-16/h1-5,7H,6,8H2,(H,18,20). The average Bonchev–Trinajstić information content (AvgIpc) is 2.89. The number of carbonyl (C=O) groups excluding carboxylic acids is 1. The summed E-state index contributed by atoms with van der Waals surface area (Å²) in [7, 11) is 0. The van der Waals surface area contributed by atoms with Crippen LogP contribution in [0.4, 0.5) is 0 Å². The van der Waals surface area contributed by atoms with Crippen molar-refractivity contribution in [3.8, 4) is 11.5 Å². The number of fused-ring (bicyclic) bond motifs is 2. The Morgan fingerprint density at radius 3 is 2.68 bits per heavy atom. The SMILES string of the molecule is O=C1Cc2cc3c(cc2C(c2ccccc2Cl)=NN1)OCO3. The minimum Gasteiger partial charge on any atom is -0.454 e. The van der Waals surface area contributed by atoms with Gasteiger partial charge in [0.2, 0.25) is 12.7 Å². The van der Waals surface area contributed by atoms with E-state index in [-0.39, 0.29) is 19.1 Å². The fraction of sp³-hybridized carbons (Fsp3) is 0.125. The molecule has 2 aromatic carbocycles. The molecule has 5 nitrogen and oxygen atoms in total. The number of amides is 1. The number of rotatable bonds is 1. The molecule has 0 aliphatic carbocycles. The van der Waals surface area contributed by atoms with Crippen LogP contribution in [0.25, 0.3) is 0 Å². The van der Waals surface area contributed by atoms with Gasteiger partial charge >= 0.3 is 0 Å². The van der Waals surface area contributed by atoms with Crippen molar-refractivity contribution in [1.82, 2.24) is 5.43 Å². The number of carbonyl (C=O) groups is 1. The number of halogens is 1. The molecule has 110 valence electrons. The average molecular weight is 315 g/mol. The summed E-state index contributed by atoms with van der Waals surface area (Å²) in [5.74, 6) is 1.11. The van der Waals surface area contributed by atoms with Gasteiger partial charge in [-0.05, 0) is 23.8 Å². The van der Waals surface area contributed by atoms with Gasteiger partial charge in [-0.3, -0.25) is 4.79 Å². The minimum atomic E-state index is -0.179. The number of nitrogens with zero attached hydrogens (tertiary/aromatic N) is 1. The van der Waals surface area contributed by atoms with Crippen molar-refractivity contribution in [1.29, 1.82) is 0 Å². The second kappa shape index (κ2) is 5.03. The third-order valence-electron chi connectivity index (χ3n) is 3.63. The molecule has 22 heavy (non-hydrogen) atoms. The smallest absolute Gasteiger partial charge is 0.244 e. The van der Waals surface area contributed by atoms with E-state index in [9.17, 15) is 4.79 Å². The van der Waals surface area contributed by atoms with Gasteiger partial charge < -0.3 is 9.47 Å². The van der Waals surface area contributed by atoms with Gasteiger partial charge in [-0.2, -0.15) is 5.10 Å². The quantitative estimate of drug-likeness (QED) is 0.879. The van der Waals surface area contributed by atoms with E-state index in [1.165, 1.54) is 0 Å². The van der Waals surface area contributed by atoms with Gasteiger partial charge in [-0.1, -0.05) is 29.8 Å². The van der Waals surface area contributed by atoms with E-state index in [1.54, 1.807) is 6.07 Å². The third kappa shape index (κ3) is 2.10. The van der Waals surface area contributed by atoms with Gasteiger partial charge in [-0.15, -0.1) is 0 Å².